The topological polar surface area (TPSA) is 118 Å². The molecule has 0 heterocycles. The third-order valence-electron chi connectivity index (χ3n) is 3.71. The van der Waals surface area contributed by atoms with Crippen LogP contribution >= 0.6 is 0 Å². The molecule has 2 rings (SSSR count). The van der Waals surface area contributed by atoms with Gasteiger partial charge in [-0.1, -0.05) is 13.0 Å². The third-order valence-corrected chi connectivity index (χ3v) is 5.32. The number of amides is 1. The molecule has 0 aliphatic heterocycles. The zero-order chi connectivity index (χ0) is 19.3. The predicted octanol–water partition coefficient (Wildman–Crippen LogP) is 2.92. The van der Waals surface area contributed by atoms with Crippen LogP contribution in [0.5, 0.6) is 0 Å². The lowest BCUT2D eigenvalue weighted by Crippen LogP contribution is -2.31. The molecule has 9 heteroatoms. The Bertz CT molecular complexity index is 910. The number of nitrogens with one attached hydrogen (secondary N) is 2. The fourth-order valence-electron chi connectivity index (χ4n) is 2.10. The first-order valence-corrected chi connectivity index (χ1v) is 9.39. The third kappa shape index (κ3) is 4.87. The highest BCUT2D eigenvalue weighted by Gasteiger charge is 2.17. The van der Waals surface area contributed by atoms with Gasteiger partial charge in [-0.25, -0.2) is 13.1 Å². The first-order chi connectivity index (χ1) is 12.2. The Morgan fingerprint density at radius 1 is 1.19 bits per heavy atom. The SMILES string of the molecule is CC[C@H](C)NS(=O)(=O)c1ccc(NC(=O)c2cccc([N+](=O)[O-])c2)cc1. The molecule has 0 aliphatic carbocycles. The van der Waals surface area contributed by atoms with Gasteiger partial charge in [0, 0.05) is 29.4 Å². The molecule has 2 aromatic rings. The molecule has 0 fully saturated rings. The largest absolute Gasteiger partial charge is 0.322 e. The van der Waals surface area contributed by atoms with E-state index >= 15 is 0 Å². The second kappa shape index (κ2) is 8.07. The molecular formula is C17H19N3O5S. The molecule has 0 spiro atoms. The van der Waals surface area contributed by atoms with Crippen LogP contribution in [0, 0.1) is 10.1 Å². The summed E-state index contributed by atoms with van der Waals surface area (Å²) >= 11 is 0. The Morgan fingerprint density at radius 3 is 2.42 bits per heavy atom. The van der Waals surface area contributed by atoms with Crippen LogP contribution in [0.4, 0.5) is 11.4 Å². The van der Waals surface area contributed by atoms with E-state index in [2.05, 4.69) is 10.0 Å². The van der Waals surface area contributed by atoms with E-state index in [0.29, 0.717) is 12.1 Å². The van der Waals surface area contributed by atoms with Gasteiger partial charge in [0.15, 0.2) is 0 Å². The number of benzene rings is 2. The van der Waals surface area contributed by atoms with Gasteiger partial charge >= 0.3 is 0 Å². The molecule has 138 valence electrons. The van der Waals surface area contributed by atoms with Crippen LogP contribution in [0.15, 0.2) is 53.4 Å². The quantitative estimate of drug-likeness (QED) is 0.568. The Morgan fingerprint density at radius 2 is 1.85 bits per heavy atom. The molecule has 0 radical (unpaired) electrons. The first-order valence-electron chi connectivity index (χ1n) is 7.91. The van der Waals surface area contributed by atoms with E-state index in [1.807, 2.05) is 6.92 Å². The Labute approximate surface area is 151 Å². The summed E-state index contributed by atoms with van der Waals surface area (Å²) in [7, 11) is -3.62. The number of rotatable bonds is 7. The molecule has 0 saturated carbocycles. The van der Waals surface area contributed by atoms with Gasteiger partial charge in [0.1, 0.15) is 0 Å². The zero-order valence-electron chi connectivity index (χ0n) is 14.3. The van der Waals surface area contributed by atoms with Crippen molar-refractivity contribution in [2.45, 2.75) is 31.2 Å². The number of hydrogen-bond donors (Lipinski definition) is 2. The van der Waals surface area contributed by atoms with Crippen molar-refractivity contribution >= 4 is 27.3 Å². The highest BCUT2D eigenvalue weighted by atomic mass is 32.2. The summed E-state index contributed by atoms with van der Waals surface area (Å²) < 4.78 is 26.9. The van der Waals surface area contributed by atoms with Crippen molar-refractivity contribution in [2.75, 3.05) is 5.32 Å². The average Bonchev–Trinajstić information content (AvgIpc) is 2.61. The van der Waals surface area contributed by atoms with E-state index in [0.717, 1.165) is 0 Å². The van der Waals surface area contributed by atoms with E-state index in [9.17, 15) is 23.3 Å². The average molecular weight is 377 g/mol. The van der Waals surface area contributed by atoms with Gasteiger partial charge in [0.25, 0.3) is 11.6 Å². The molecule has 2 N–H and O–H groups in total. The number of non-ortho nitro benzene ring substituents is 1. The summed E-state index contributed by atoms with van der Waals surface area (Å²) in [6.07, 6.45) is 0.663. The molecule has 0 saturated heterocycles. The highest BCUT2D eigenvalue weighted by molar-refractivity contribution is 7.89. The van der Waals surface area contributed by atoms with E-state index in [4.69, 9.17) is 0 Å². The standard InChI is InChI=1S/C17H19N3O5S/c1-3-12(2)19-26(24,25)16-9-7-14(8-10-16)18-17(21)13-5-4-6-15(11-13)20(22)23/h4-12,19H,3H2,1-2H3,(H,18,21)/t12-/m0/s1. The Kier molecular flexibility index (Phi) is 6.06. The molecule has 0 unspecified atom stereocenters. The van der Waals surface area contributed by atoms with Gasteiger partial charge in [-0.15, -0.1) is 0 Å². The minimum absolute atomic E-state index is 0.0890. The summed E-state index contributed by atoms with van der Waals surface area (Å²) in [5.41, 5.74) is 0.327. The van der Waals surface area contributed by atoms with E-state index < -0.39 is 20.9 Å². The van der Waals surface area contributed by atoms with Gasteiger partial charge in [-0.3, -0.25) is 14.9 Å². The summed E-state index contributed by atoms with van der Waals surface area (Å²) in [6, 6.07) is 10.8. The molecule has 1 amide bonds. The number of anilines is 1. The minimum atomic E-state index is -3.62. The first kappa shape index (κ1) is 19.5. The van der Waals surface area contributed by atoms with E-state index in [1.165, 1.54) is 48.5 Å². The van der Waals surface area contributed by atoms with Crippen molar-refractivity contribution in [1.82, 2.24) is 4.72 Å². The van der Waals surface area contributed by atoms with Crippen LogP contribution in [0.25, 0.3) is 0 Å². The maximum atomic E-state index is 12.2. The predicted molar refractivity (Wildman–Crippen MR) is 97.6 cm³/mol. The molecule has 0 aliphatic rings. The van der Waals surface area contributed by atoms with E-state index in [-0.39, 0.29) is 22.2 Å². The van der Waals surface area contributed by atoms with E-state index in [1.54, 1.807) is 6.92 Å². The number of carbonyl (C=O) groups is 1. The van der Waals surface area contributed by atoms with Crippen molar-refractivity contribution in [1.29, 1.82) is 0 Å². The molecule has 26 heavy (non-hydrogen) atoms. The smallest absolute Gasteiger partial charge is 0.270 e. The van der Waals surface area contributed by atoms with Crippen LogP contribution in [0.3, 0.4) is 0 Å². The van der Waals surface area contributed by atoms with Crippen molar-refractivity contribution < 1.29 is 18.1 Å². The lowest BCUT2D eigenvalue weighted by molar-refractivity contribution is -0.384. The Balaban J connectivity index is 2.13. The number of hydrogen-bond acceptors (Lipinski definition) is 5. The summed E-state index contributed by atoms with van der Waals surface area (Å²) in [4.78, 5) is 22.5. The fourth-order valence-corrected chi connectivity index (χ4v) is 3.42. The molecule has 1 atom stereocenters. The van der Waals surface area contributed by atoms with Gasteiger partial charge in [0.2, 0.25) is 10.0 Å². The highest BCUT2D eigenvalue weighted by Crippen LogP contribution is 2.17. The van der Waals surface area contributed by atoms with Crippen LogP contribution in [0.2, 0.25) is 0 Å². The van der Waals surface area contributed by atoms with Crippen LogP contribution < -0.4 is 10.0 Å². The summed E-state index contributed by atoms with van der Waals surface area (Å²) in [5.74, 6) is -0.526. The van der Waals surface area contributed by atoms with Crippen LogP contribution in [-0.2, 0) is 10.0 Å². The molecule has 0 aromatic heterocycles. The lowest BCUT2D eigenvalue weighted by Gasteiger charge is -2.12. The van der Waals surface area contributed by atoms with Crippen molar-refractivity contribution in [3.05, 3.63) is 64.2 Å². The van der Waals surface area contributed by atoms with Gasteiger partial charge in [0.05, 0.1) is 9.82 Å². The minimum Gasteiger partial charge on any atom is -0.322 e. The maximum absolute atomic E-state index is 12.2. The number of nitro groups is 1. The molecule has 8 nitrogen and oxygen atoms in total. The molecule has 2 aromatic carbocycles. The van der Waals surface area contributed by atoms with Gasteiger partial charge in [-0.05, 0) is 43.7 Å². The number of sulfonamides is 1. The maximum Gasteiger partial charge on any atom is 0.270 e. The Hall–Kier alpha value is -2.78. The summed E-state index contributed by atoms with van der Waals surface area (Å²) in [6.45, 7) is 3.64. The monoisotopic (exact) mass is 377 g/mol. The number of nitro benzene ring substituents is 1. The normalized spacial score (nSPS) is 12.4. The van der Waals surface area contributed by atoms with Crippen LogP contribution in [0.1, 0.15) is 30.6 Å². The lowest BCUT2D eigenvalue weighted by atomic mass is 10.2. The van der Waals surface area contributed by atoms with Crippen molar-refractivity contribution in [2.24, 2.45) is 0 Å². The molecular weight excluding hydrogens is 358 g/mol. The van der Waals surface area contributed by atoms with Crippen molar-refractivity contribution in [3.8, 4) is 0 Å². The summed E-state index contributed by atoms with van der Waals surface area (Å²) in [5, 5.41) is 13.4. The van der Waals surface area contributed by atoms with Gasteiger partial charge < -0.3 is 5.32 Å². The van der Waals surface area contributed by atoms with Crippen molar-refractivity contribution in [3.63, 3.8) is 0 Å². The second-order valence-electron chi connectivity index (χ2n) is 5.72. The number of nitrogens with zero attached hydrogens (tertiary/aromatic N) is 1. The molecule has 0 bridgehead atoms. The van der Waals surface area contributed by atoms with Crippen LogP contribution in [-0.4, -0.2) is 25.3 Å². The number of carbonyl (C=O) groups excluding carboxylic acids is 1. The zero-order valence-corrected chi connectivity index (χ0v) is 15.1. The second-order valence-corrected chi connectivity index (χ2v) is 7.43. The van der Waals surface area contributed by atoms with Gasteiger partial charge in [-0.2, -0.15) is 0 Å². The fraction of sp³-hybridized carbons (Fsp3) is 0.235.